The summed E-state index contributed by atoms with van der Waals surface area (Å²) in [6, 6.07) is 0.332. The van der Waals surface area contributed by atoms with Gasteiger partial charge in [0.25, 0.3) is 11.5 Å². The second kappa shape index (κ2) is 8.53. The first kappa shape index (κ1) is 20.4. The fourth-order valence-corrected chi connectivity index (χ4v) is 5.40. The molecule has 2 aromatic heterocycles. The SMILES string of the molecule is Cc1nonc1C(=O)N1CCCCC1c1nc2c(c(=O)[nH]1)CN(C1CCCCC1)CC2. The van der Waals surface area contributed by atoms with E-state index in [9.17, 15) is 9.59 Å². The molecule has 1 saturated carbocycles. The van der Waals surface area contributed by atoms with Crippen molar-refractivity contribution in [3.63, 3.8) is 0 Å². The Kier molecular flexibility index (Phi) is 5.60. The third kappa shape index (κ3) is 3.91. The lowest BCUT2D eigenvalue weighted by Crippen LogP contribution is -2.44. The van der Waals surface area contributed by atoms with Crippen LogP contribution in [0.5, 0.6) is 0 Å². The Morgan fingerprint density at radius 1 is 1.06 bits per heavy atom. The summed E-state index contributed by atoms with van der Waals surface area (Å²) in [7, 11) is 0. The van der Waals surface area contributed by atoms with Crippen LogP contribution in [0.1, 0.15) is 90.7 Å². The molecule has 3 aliphatic rings. The maximum Gasteiger partial charge on any atom is 0.278 e. The molecule has 0 spiro atoms. The molecule has 1 amide bonds. The number of fused-ring (bicyclic) bond motifs is 1. The van der Waals surface area contributed by atoms with Crippen molar-refractivity contribution in [1.29, 1.82) is 0 Å². The van der Waals surface area contributed by atoms with Gasteiger partial charge < -0.3 is 9.88 Å². The van der Waals surface area contributed by atoms with Gasteiger partial charge in [-0.1, -0.05) is 24.4 Å². The first-order chi connectivity index (χ1) is 15.1. The van der Waals surface area contributed by atoms with Crippen LogP contribution in [0.2, 0.25) is 0 Å². The molecule has 2 aromatic rings. The summed E-state index contributed by atoms with van der Waals surface area (Å²) < 4.78 is 4.73. The summed E-state index contributed by atoms with van der Waals surface area (Å²) >= 11 is 0. The van der Waals surface area contributed by atoms with Gasteiger partial charge in [0, 0.05) is 32.1 Å². The molecule has 0 bridgehead atoms. The molecule has 1 unspecified atom stereocenters. The molecule has 0 radical (unpaired) electrons. The summed E-state index contributed by atoms with van der Waals surface area (Å²) in [6.07, 6.45) is 9.82. The lowest BCUT2D eigenvalue weighted by Gasteiger charge is -2.38. The van der Waals surface area contributed by atoms with Crippen molar-refractivity contribution in [2.45, 2.75) is 83.3 Å². The molecule has 1 N–H and O–H groups in total. The highest BCUT2D eigenvalue weighted by molar-refractivity contribution is 5.93. The quantitative estimate of drug-likeness (QED) is 0.803. The zero-order valence-corrected chi connectivity index (χ0v) is 18.1. The van der Waals surface area contributed by atoms with Gasteiger partial charge in [-0.3, -0.25) is 14.5 Å². The molecule has 2 fully saturated rings. The van der Waals surface area contributed by atoms with Crippen LogP contribution in [0.15, 0.2) is 9.42 Å². The summed E-state index contributed by atoms with van der Waals surface area (Å²) in [6.45, 7) is 3.94. The first-order valence-corrected chi connectivity index (χ1v) is 11.6. The highest BCUT2D eigenvalue weighted by atomic mass is 16.6. The minimum atomic E-state index is -0.258. The maximum absolute atomic E-state index is 13.1. The molecule has 5 rings (SSSR count). The number of aromatic amines is 1. The summed E-state index contributed by atoms with van der Waals surface area (Å²) in [5.41, 5.74) is 2.34. The van der Waals surface area contributed by atoms with Crippen molar-refractivity contribution in [2.75, 3.05) is 13.1 Å². The Morgan fingerprint density at radius 2 is 1.87 bits per heavy atom. The number of piperidine rings is 1. The van der Waals surface area contributed by atoms with Crippen LogP contribution >= 0.6 is 0 Å². The Labute approximate surface area is 181 Å². The molecule has 9 heteroatoms. The van der Waals surface area contributed by atoms with E-state index >= 15 is 0 Å². The molecule has 166 valence electrons. The number of amides is 1. The highest BCUT2D eigenvalue weighted by Crippen LogP contribution is 2.31. The number of rotatable bonds is 3. The van der Waals surface area contributed by atoms with E-state index in [2.05, 4.69) is 20.2 Å². The van der Waals surface area contributed by atoms with E-state index in [1.165, 1.54) is 32.1 Å². The average molecular weight is 427 g/mol. The Hall–Kier alpha value is -2.55. The molecule has 2 aliphatic heterocycles. The van der Waals surface area contributed by atoms with Gasteiger partial charge in [0.2, 0.25) is 0 Å². The Bertz CT molecular complexity index is 1010. The molecule has 4 heterocycles. The summed E-state index contributed by atoms with van der Waals surface area (Å²) in [5.74, 6) is 0.379. The first-order valence-electron chi connectivity index (χ1n) is 11.6. The maximum atomic E-state index is 13.1. The number of nitrogens with one attached hydrogen (secondary N) is 1. The number of nitrogens with zero attached hydrogens (tertiary/aromatic N) is 5. The lowest BCUT2D eigenvalue weighted by molar-refractivity contribution is 0.0586. The van der Waals surface area contributed by atoms with E-state index in [-0.39, 0.29) is 23.2 Å². The van der Waals surface area contributed by atoms with Crippen LogP contribution in [0, 0.1) is 6.92 Å². The van der Waals surface area contributed by atoms with E-state index in [4.69, 9.17) is 9.61 Å². The number of aryl methyl sites for hydroxylation is 1. The second-order valence-electron chi connectivity index (χ2n) is 9.10. The van der Waals surface area contributed by atoms with Gasteiger partial charge >= 0.3 is 0 Å². The molecule has 31 heavy (non-hydrogen) atoms. The number of carbonyl (C=O) groups excluding carboxylic acids is 1. The third-order valence-corrected chi connectivity index (χ3v) is 7.14. The van der Waals surface area contributed by atoms with Crippen molar-refractivity contribution >= 4 is 5.91 Å². The standard InChI is InChI=1S/C22H30N6O3/c1-14-19(26-31-25-14)22(30)28-11-6-5-9-18(28)20-23-17-10-12-27(13-16(17)21(29)24-20)15-7-3-2-4-8-15/h15,18H,2-13H2,1H3,(H,23,24,29). The molecular formula is C22H30N6O3. The average Bonchev–Trinajstić information content (AvgIpc) is 3.24. The number of hydrogen-bond acceptors (Lipinski definition) is 7. The van der Waals surface area contributed by atoms with E-state index in [1.54, 1.807) is 11.8 Å². The minimum Gasteiger partial charge on any atom is -0.327 e. The van der Waals surface area contributed by atoms with Gasteiger partial charge in [-0.25, -0.2) is 9.61 Å². The van der Waals surface area contributed by atoms with E-state index < -0.39 is 0 Å². The van der Waals surface area contributed by atoms with Crippen LogP contribution in [0.4, 0.5) is 0 Å². The van der Waals surface area contributed by atoms with Gasteiger partial charge in [-0.05, 0) is 44.2 Å². The van der Waals surface area contributed by atoms with Gasteiger partial charge in [-0.15, -0.1) is 0 Å². The van der Waals surface area contributed by atoms with E-state index in [0.29, 0.717) is 30.6 Å². The van der Waals surface area contributed by atoms with Gasteiger partial charge in [0.1, 0.15) is 11.5 Å². The number of carbonyl (C=O) groups is 1. The normalized spacial score (nSPS) is 23.0. The van der Waals surface area contributed by atoms with Crippen LogP contribution in [0.3, 0.4) is 0 Å². The minimum absolute atomic E-state index is 0.0576. The summed E-state index contributed by atoms with van der Waals surface area (Å²) in [5, 5.41) is 7.52. The van der Waals surface area contributed by atoms with E-state index in [1.807, 2.05) is 0 Å². The lowest BCUT2D eigenvalue weighted by atomic mass is 9.92. The van der Waals surface area contributed by atoms with Crippen LogP contribution in [-0.4, -0.2) is 55.1 Å². The van der Waals surface area contributed by atoms with Crippen molar-refractivity contribution in [3.05, 3.63) is 38.8 Å². The predicted molar refractivity (Wildman–Crippen MR) is 113 cm³/mol. The van der Waals surface area contributed by atoms with Crippen molar-refractivity contribution < 1.29 is 9.42 Å². The topological polar surface area (TPSA) is 108 Å². The monoisotopic (exact) mass is 426 g/mol. The largest absolute Gasteiger partial charge is 0.327 e. The Balaban J connectivity index is 1.40. The molecule has 9 nitrogen and oxygen atoms in total. The number of H-pyrrole nitrogens is 1. The highest BCUT2D eigenvalue weighted by Gasteiger charge is 2.34. The van der Waals surface area contributed by atoms with Crippen LogP contribution in [-0.2, 0) is 13.0 Å². The van der Waals surface area contributed by atoms with E-state index in [0.717, 1.165) is 43.5 Å². The number of hydrogen-bond donors (Lipinski definition) is 1. The zero-order chi connectivity index (χ0) is 21.4. The molecule has 1 atom stereocenters. The predicted octanol–water partition coefficient (Wildman–Crippen LogP) is 2.52. The zero-order valence-electron chi connectivity index (χ0n) is 18.1. The van der Waals surface area contributed by atoms with Crippen LogP contribution in [0.25, 0.3) is 0 Å². The molecular weight excluding hydrogens is 396 g/mol. The molecule has 1 aliphatic carbocycles. The molecule has 0 aromatic carbocycles. The fourth-order valence-electron chi connectivity index (χ4n) is 5.40. The van der Waals surface area contributed by atoms with Crippen LogP contribution < -0.4 is 5.56 Å². The van der Waals surface area contributed by atoms with Gasteiger partial charge in [0.05, 0.1) is 17.3 Å². The van der Waals surface area contributed by atoms with Gasteiger partial charge in [0.15, 0.2) is 5.69 Å². The fraction of sp³-hybridized carbons (Fsp3) is 0.682. The molecule has 1 saturated heterocycles. The van der Waals surface area contributed by atoms with Crippen molar-refractivity contribution in [2.24, 2.45) is 0 Å². The van der Waals surface area contributed by atoms with Crippen molar-refractivity contribution in [1.82, 2.24) is 30.1 Å². The third-order valence-electron chi connectivity index (χ3n) is 7.14. The second-order valence-corrected chi connectivity index (χ2v) is 9.10. The Morgan fingerprint density at radius 3 is 2.65 bits per heavy atom. The number of aromatic nitrogens is 4. The van der Waals surface area contributed by atoms with Gasteiger partial charge in [-0.2, -0.15) is 0 Å². The smallest absolute Gasteiger partial charge is 0.278 e. The van der Waals surface area contributed by atoms with Crippen molar-refractivity contribution in [3.8, 4) is 0 Å². The summed E-state index contributed by atoms with van der Waals surface area (Å²) in [4.78, 5) is 38.3. The number of likely N-dealkylation sites (tertiary alicyclic amines) is 1.